The van der Waals surface area contributed by atoms with Gasteiger partial charge in [-0.1, -0.05) is 36.4 Å². The van der Waals surface area contributed by atoms with Crippen molar-refractivity contribution in [1.82, 2.24) is 14.8 Å². The zero-order valence-corrected chi connectivity index (χ0v) is 17.7. The minimum atomic E-state index is -0.974. The summed E-state index contributed by atoms with van der Waals surface area (Å²) in [6, 6.07) is 21.5. The summed E-state index contributed by atoms with van der Waals surface area (Å²) in [6.45, 7) is 2.08. The van der Waals surface area contributed by atoms with Gasteiger partial charge in [0.2, 0.25) is 0 Å². The zero-order valence-electron chi connectivity index (χ0n) is 17.7. The van der Waals surface area contributed by atoms with E-state index in [2.05, 4.69) is 5.32 Å². The highest BCUT2D eigenvalue weighted by atomic mass is 16.5. The molecule has 4 aromatic rings. The summed E-state index contributed by atoms with van der Waals surface area (Å²) in [5.74, 6) is -0.130. The molecule has 5 rings (SSSR count). The van der Waals surface area contributed by atoms with Gasteiger partial charge in [0.05, 0.1) is 17.7 Å². The number of nitrogens with one attached hydrogen (secondary N) is 1. The second-order valence-electron chi connectivity index (χ2n) is 7.52. The van der Waals surface area contributed by atoms with Crippen LogP contribution in [0, 0.1) is 0 Å². The standard InChI is InChI=1S/C25H20N4O4/c1-2-33-25(32)18-13-7-15(8-14-18)21-27-23-19-5-3-4-6-20(19)26-22(29(23)28-21)16-9-11-17(12-10-16)24(30)31/h3-14,22,26H,2H2,1H3,(H,30,31). The van der Waals surface area contributed by atoms with Crippen molar-refractivity contribution in [1.29, 1.82) is 0 Å². The number of hydrogen-bond acceptors (Lipinski definition) is 6. The summed E-state index contributed by atoms with van der Waals surface area (Å²) in [4.78, 5) is 28.0. The van der Waals surface area contributed by atoms with E-state index in [1.807, 2.05) is 24.3 Å². The van der Waals surface area contributed by atoms with Crippen molar-refractivity contribution in [2.75, 3.05) is 11.9 Å². The summed E-state index contributed by atoms with van der Waals surface area (Å²) in [5, 5.41) is 17.4. The predicted octanol–water partition coefficient (Wildman–Crippen LogP) is 4.46. The van der Waals surface area contributed by atoms with Gasteiger partial charge in [-0.3, -0.25) is 0 Å². The maximum Gasteiger partial charge on any atom is 0.338 e. The number of carboxylic acids is 1. The summed E-state index contributed by atoms with van der Waals surface area (Å²) < 4.78 is 6.84. The van der Waals surface area contributed by atoms with Crippen molar-refractivity contribution in [3.8, 4) is 22.8 Å². The lowest BCUT2D eigenvalue weighted by molar-refractivity contribution is 0.0526. The SMILES string of the molecule is CCOC(=O)c1ccc(-c2nc3n(n2)C(c2ccc(C(=O)O)cc2)Nc2ccccc2-3)cc1. The van der Waals surface area contributed by atoms with Crippen LogP contribution in [0.1, 0.15) is 39.4 Å². The molecule has 1 atom stereocenters. The van der Waals surface area contributed by atoms with E-state index >= 15 is 0 Å². The molecule has 2 N–H and O–H groups in total. The molecular formula is C25H20N4O4. The number of rotatable bonds is 5. The number of carboxylic acid groups (broad SMARTS) is 1. The molecule has 1 aliphatic heterocycles. The Morgan fingerprint density at radius 2 is 1.70 bits per heavy atom. The molecule has 164 valence electrons. The van der Waals surface area contributed by atoms with Crippen LogP contribution in [-0.4, -0.2) is 38.4 Å². The average Bonchev–Trinajstić information content (AvgIpc) is 3.30. The highest BCUT2D eigenvalue weighted by Crippen LogP contribution is 2.38. The molecule has 3 aromatic carbocycles. The summed E-state index contributed by atoms with van der Waals surface area (Å²) >= 11 is 0. The van der Waals surface area contributed by atoms with Crippen molar-refractivity contribution in [3.63, 3.8) is 0 Å². The molecule has 1 aliphatic rings. The van der Waals surface area contributed by atoms with E-state index in [0.29, 0.717) is 23.8 Å². The van der Waals surface area contributed by atoms with Crippen LogP contribution in [0.3, 0.4) is 0 Å². The lowest BCUT2D eigenvalue weighted by Crippen LogP contribution is -2.25. The number of ether oxygens (including phenoxy) is 1. The normalized spacial score (nSPS) is 14.0. The van der Waals surface area contributed by atoms with E-state index in [1.54, 1.807) is 60.1 Å². The molecule has 0 saturated carbocycles. The van der Waals surface area contributed by atoms with Gasteiger partial charge in [-0.05, 0) is 48.9 Å². The fourth-order valence-electron chi connectivity index (χ4n) is 3.82. The Balaban J connectivity index is 1.56. The second-order valence-corrected chi connectivity index (χ2v) is 7.52. The number of carbonyl (C=O) groups is 2. The topological polar surface area (TPSA) is 106 Å². The summed E-state index contributed by atoms with van der Waals surface area (Å²) in [6.07, 6.45) is -0.363. The second kappa shape index (κ2) is 8.23. The van der Waals surface area contributed by atoms with Crippen molar-refractivity contribution in [3.05, 3.63) is 89.5 Å². The van der Waals surface area contributed by atoms with Gasteiger partial charge >= 0.3 is 11.9 Å². The molecule has 33 heavy (non-hydrogen) atoms. The van der Waals surface area contributed by atoms with Gasteiger partial charge in [0.15, 0.2) is 11.6 Å². The van der Waals surface area contributed by atoms with Crippen LogP contribution in [0.4, 0.5) is 5.69 Å². The first-order valence-electron chi connectivity index (χ1n) is 10.5. The number of para-hydroxylation sites is 1. The first-order chi connectivity index (χ1) is 16.0. The third kappa shape index (κ3) is 3.71. The molecule has 0 spiro atoms. The van der Waals surface area contributed by atoms with Crippen molar-refractivity contribution in [2.45, 2.75) is 13.1 Å². The van der Waals surface area contributed by atoms with Gasteiger partial charge in [0.25, 0.3) is 0 Å². The molecule has 2 heterocycles. The summed E-state index contributed by atoms with van der Waals surface area (Å²) in [7, 11) is 0. The van der Waals surface area contributed by atoms with Crippen molar-refractivity contribution < 1.29 is 19.4 Å². The van der Waals surface area contributed by atoms with Crippen LogP contribution in [0.25, 0.3) is 22.8 Å². The minimum Gasteiger partial charge on any atom is -0.478 e. The monoisotopic (exact) mass is 440 g/mol. The summed E-state index contributed by atoms with van der Waals surface area (Å²) in [5.41, 5.74) is 4.13. The van der Waals surface area contributed by atoms with Gasteiger partial charge in [0.1, 0.15) is 6.17 Å². The van der Waals surface area contributed by atoms with E-state index < -0.39 is 5.97 Å². The maximum atomic E-state index is 12.0. The van der Waals surface area contributed by atoms with E-state index in [4.69, 9.17) is 14.8 Å². The Labute approximate surface area is 189 Å². The molecule has 0 amide bonds. The van der Waals surface area contributed by atoms with Gasteiger partial charge in [-0.2, -0.15) is 0 Å². The lowest BCUT2D eigenvalue weighted by atomic mass is 10.1. The zero-order chi connectivity index (χ0) is 22.9. The number of esters is 1. The minimum absolute atomic E-state index is 0.219. The fourth-order valence-corrected chi connectivity index (χ4v) is 3.82. The Morgan fingerprint density at radius 3 is 2.39 bits per heavy atom. The van der Waals surface area contributed by atoms with Crippen LogP contribution in [0.2, 0.25) is 0 Å². The number of aromatic carboxylic acids is 1. The highest BCUT2D eigenvalue weighted by molar-refractivity contribution is 5.90. The molecule has 0 fully saturated rings. The van der Waals surface area contributed by atoms with Crippen LogP contribution in [0.5, 0.6) is 0 Å². The number of hydrogen-bond donors (Lipinski definition) is 2. The van der Waals surface area contributed by atoms with Crippen molar-refractivity contribution >= 4 is 17.6 Å². The van der Waals surface area contributed by atoms with Crippen LogP contribution in [0.15, 0.2) is 72.8 Å². The molecule has 8 heteroatoms. The lowest BCUT2D eigenvalue weighted by Gasteiger charge is -2.28. The number of anilines is 1. The first kappa shape index (κ1) is 20.4. The smallest absolute Gasteiger partial charge is 0.338 e. The predicted molar refractivity (Wildman–Crippen MR) is 122 cm³/mol. The van der Waals surface area contributed by atoms with Crippen LogP contribution < -0.4 is 5.32 Å². The van der Waals surface area contributed by atoms with Crippen LogP contribution in [-0.2, 0) is 4.74 Å². The van der Waals surface area contributed by atoms with E-state index in [9.17, 15) is 14.7 Å². The van der Waals surface area contributed by atoms with Gasteiger partial charge in [-0.25, -0.2) is 19.3 Å². The molecular weight excluding hydrogens is 420 g/mol. The molecule has 1 aromatic heterocycles. The Kier molecular flexibility index (Phi) is 5.10. The maximum absolute atomic E-state index is 12.0. The molecule has 0 bridgehead atoms. The Bertz CT molecular complexity index is 1340. The number of benzene rings is 3. The van der Waals surface area contributed by atoms with Gasteiger partial charge < -0.3 is 15.2 Å². The van der Waals surface area contributed by atoms with E-state index in [-0.39, 0.29) is 17.7 Å². The number of fused-ring (bicyclic) bond motifs is 3. The fraction of sp³-hybridized carbons (Fsp3) is 0.120. The molecule has 0 saturated heterocycles. The quantitative estimate of drug-likeness (QED) is 0.441. The van der Waals surface area contributed by atoms with Gasteiger partial charge in [0, 0.05) is 16.8 Å². The molecule has 1 unspecified atom stereocenters. The van der Waals surface area contributed by atoms with E-state index in [1.165, 1.54) is 0 Å². The number of carbonyl (C=O) groups excluding carboxylic acids is 1. The van der Waals surface area contributed by atoms with Crippen molar-refractivity contribution in [2.24, 2.45) is 0 Å². The largest absolute Gasteiger partial charge is 0.478 e. The molecule has 0 aliphatic carbocycles. The molecule has 0 radical (unpaired) electrons. The van der Waals surface area contributed by atoms with Crippen LogP contribution >= 0.6 is 0 Å². The average molecular weight is 440 g/mol. The van der Waals surface area contributed by atoms with E-state index in [0.717, 1.165) is 22.4 Å². The number of aromatic nitrogens is 3. The Hall–Kier alpha value is -4.46. The highest BCUT2D eigenvalue weighted by Gasteiger charge is 2.28. The molecule has 8 nitrogen and oxygen atoms in total. The third-order valence-corrected chi connectivity index (χ3v) is 5.46. The first-order valence-corrected chi connectivity index (χ1v) is 10.5. The third-order valence-electron chi connectivity index (χ3n) is 5.46. The van der Waals surface area contributed by atoms with Gasteiger partial charge in [-0.15, -0.1) is 5.10 Å². The Morgan fingerprint density at radius 1 is 1.00 bits per heavy atom. The number of nitrogens with zero attached hydrogens (tertiary/aromatic N) is 3.